The summed E-state index contributed by atoms with van der Waals surface area (Å²) in [4.78, 5) is 4.54. The Kier molecular flexibility index (Phi) is 4.46. The number of oxazole rings is 1. The third kappa shape index (κ3) is 2.82. The topological polar surface area (TPSA) is 65.8 Å². The van der Waals surface area contributed by atoms with Crippen LogP contribution in [0.15, 0.2) is 34.7 Å². The van der Waals surface area contributed by atoms with Crippen molar-refractivity contribution in [1.82, 2.24) is 4.98 Å². The highest BCUT2D eigenvalue weighted by atomic mass is 16.5. The molecule has 2 aromatic carbocycles. The summed E-state index contributed by atoms with van der Waals surface area (Å²) in [5.41, 5.74) is 3.26. The third-order valence-electron chi connectivity index (χ3n) is 3.68. The number of anilines is 1. The lowest BCUT2D eigenvalue weighted by Crippen LogP contribution is -1.95. The first kappa shape index (κ1) is 16.0. The van der Waals surface area contributed by atoms with Gasteiger partial charge in [0.15, 0.2) is 17.1 Å². The molecule has 0 saturated heterocycles. The van der Waals surface area contributed by atoms with E-state index in [1.807, 2.05) is 37.3 Å². The highest BCUT2D eigenvalue weighted by Gasteiger charge is 2.17. The Balaban J connectivity index is 2.09. The summed E-state index contributed by atoms with van der Waals surface area (Å²) < 4.78 is 22.0. The minimum atomic E-state index is 0.498. The Bertz CT molecular complexity index is 832. The number of hydrogen-bond acceptors (Lipinski definition) is 6. The van der Waals surface area contributed by atoms with Crippen LogP contribution >= 0.6 is 0 Å². The number of hydrogen-bond donors (Lipinski definition) is 1. The van der Waals surface area contributed by atoms with E-state index in [0.717, 1.165) is 28.9 Å². The highest BCUT2D eigenvalue weighted by Crippen LogP contribution is 2.41. The zero-order chi connectivity index (χ0) is 17.1. The number of aromatic nitrogens is 1. The predicted octanol–water partition coefficient (Wildman–Crippen LogP) is 3.95. The number of benzene rings is 2. The van der Waals surface area contributed by atoms with Gasteiger partial charge in [0.1, 0.15) is 5.52 Å². The molecule has 1 aromatic heterocycles. The molecule has 0 amide bonds. The van der Waals surface area contributed by atoms with E-state index >= 15 is 0 Å². The van der Waals surface area contributed by atoms with Crippen molar-refractivity contribution in [3.8, 4) is 28.7 Å². The second-order valence-corrected chi connectivity index (χ2v) is 5.15. The molecule has 6 heteroatoms. The Morgan fingerprint density at radius 1 is 1.00 bits per heavy atom. The molecule has 0 unspecified atom stereocenters. The normalized spacial score (nSPS) is 10.7. The van der Waals surface area contributed by atoms with E-state index in [-0.39, 0.29) is 0 Å². The van der Waals surface area contributed by atoms with E-state index in [1.165, 1.54) is 0 Å². The fourth-order valence-electron chi connectivity index (χ4n) is 2.57. The first-order valence-corrected chi connectivity index (χ1v) is 7.65. The van der Waals surface area contributed by atoms with E-state index < -0.39 is 0 Å². The minimum absolute atomic E-state index is 0.498. The molecule has 0 aliphatic heterocycles. The van der Waals surface area contributed by atoms with Gasteiger partial charge in [-0.3, -0.25) is 0 Å². The third-order valence-corrected chi connectivity index (χ3v) is 3.68. The van der Waals surface area contributed by atoms with Gasteiger partial charge in [0.05, 0.1) is 21.3 Å². The summed E-state index contributed by atoms with van der Waals surface area (Å²) in [5, 5.41) is 3.26. The average molecular weight is 328 g/mol. The van der Waals surface area contributed by atoms with Gasteiger partial charge in [-0.1, -0.05) is 0 Å². The van der Waals surface area contributed by atoms with Crippen LogP contribution in [0.5, 0.6) is 17.2 Å². The molecule has 126 valence electrons. The molecular formula is C18H20N2O4. The molecule has 0 aliphatic carbocycles. The fourth-order valence-corrected chi connectivity index (χ4v) is 2.57. The highest BCUT2D eigenvalue weighted by molar-refractivity contribution is 5.80. The van der Waals surface area contributed by atoms with Crippen LogP contribution in [0.2, 0.25) is 0 Å². The maximum absolute atomic E-state index is 5.91. The van der Waals surface area contributed by atoms with E-state index in [0.29, 0.717) is 23.1 Å². The van der Waals surface area contributed by atoms with Gasteiger partial charge in [-0.2, -0.15) is 0 Å². The van der Waals surface area contributed by atoms with Crippen molar-refractivity contribution in [2.75, 3.05) is 33.2 Å². The first-order valence-electron chi connectivity index (χ1n) is 7.65. The van der Waals surface area contributed by atoms with Crippen LogP contribution in [0.1, 0.15) is 6.92 Å². The average Bonchev–Trinajstić information content (AvgIpc) is 3.04. The Morgan fingerprint density at radius 2 is 1.71 bits per heavy atom. The smallest absolute Gasteiger partial charge is 0.227 e. The van der Waals surface area contributed by atoms with Gasteiger partial charge in [0.2, 0.25) is 11.6 Å². The molecule has 3 aromatic rings. The molecule has 1 heterocycles. The maximum Gasteiger partial charge on any atom is 0.227 e. The zero-order valence-corrected chi connectivity index (χ0v) is 14.2. The minimum Gasteiger partial charge on any atom is -0.493 e. The predicted molar refractivity (Wildman–Crippen MR) is 93.3 cm³/mol. The van der Waals surface area contributed by atoms with Crippen molar-refractivity contribution in [1.29, 1.82) is 0 Å². The van der Waals surface area contributed by atoms with Crippen molar-refractivity contribution < 1.29 is 18.6 Å². The summed E-state index contributed by atoms with van der Waals surface area (Å²) in [7, 11) is 4.73. The van der Waals surface area contributed by atoms with Crippen LogP contribution in [0.4, 0.5) is 5.69 Å². The fraction of sp³-hybridized carbons (Fsp3) is 0.278. The van der Waals surface area contributed by atoms with Crippen LogP contribution < -0.4 is 19.5 Å². The van der Waals surface area contributed by atoms with Gasteiger partial charge < -0.3 is 23.9 Å². The number of methoxy groups -OCH3 is 3. The van der Waals surface area contributed by atoms with E-state index in [2.05, 4.69) is 10.3 Å². The molecule has 1 N–H and O–H groups in total. The monoisotopic (exact) mass is 328 g/mol. The largest absolute Gasteiger partial charge is 0.493 e. The van der Waals surface area contributed by atoms with Crippen molar-refractivity contribution in [3.05, 3.63) is 30.3 Å². The summed E-state index contributed by atoms with van der Waals surface area (Å²) >= 11 is 0. The second kappa shape index (κ2) is 6.70. The summed E-state index contributed by atoms with van der Waals surface area (Å²) in [6.07, 6.45) is 0. The molecule has 0 radical (unpaired) electrons. The number of nitrogens with zero attached hydrogens (tertiary/aromatic N) is 1. The second-order valence-electron chi connectivity index (χ2n) is 5.15. The molecule has 0 bridgehead atoms. The number of nitrogens with one attached hydrogen (secondary N) is 1. The molecule has 6 nitrogen and oxygen atoms in total. The van der Waals surface area contributed by atoms with Crippen LogP contribution in [0.3, 0.4) is 0 Å². The molecule has 24 heavy (non-hydrogen) atoms. The van der Waals surface area contributed by atoms with Gasteiger partial charge in [-0.25, -0.2) is 4.98 Å². The molecule has 0 aliphatic rings. The van der Waals surface area contributed by atoms with Crippen LogP contribution in [-0.4, -0.2) is 32.9 Å². The summed E-state index contributed by atoms with van der Waals surface area (Å²) in [6.45, 7) is 2.89. The standard InChI is InChI=1S/C18H20N2O4/c1-5-19-12-6-7-13-14(10-12)24-18(20-13)11-8-15(21-2)17(23-4)16(9-11)22-3/h6-10,19H,5H2,1-4H3. The molecular weight excluding hydrogens is 308 g/mol. The molecule has 0 atom stereocenters. The number of rotatable bonds is 6. The Hall–Kier alpha value is -2.89. The van der Waals surface area contributed by atoms with E-state index in [1.54, 1.807) is 21.3 Å². The maximum atomic E-state index is 5.91. The molecule has 3 rings (SSSR count). The van der Waals surface area contributed by atoms with Crippen LogP contribution in [0.25, 0.3) is 22.6 Å². The Morgan fingerprint density at radius 3 is 2.29 bits per heavy atom. The van der Waals surface area contributed by atoms with Crippen molar-refractivity contribution in [2.24, 2.45) is 0 Å². The van der Waals surface area contributed by atoms with Gasteiger partial charge in [0.25, 0.3) is 0 Å². The van der Waals surface area contributed by atoms with Gasteiger partial charge in [0, 0.05) is 23.9 Å². The van der Waals surface area contributed by atoms with Gasteiger partial charge >= 0.3 is 0 Å². The zero-order valence-electron chi connectivity index (χ0n) is 14.2. The van der Waals surface area contributed by atoms with Gasteiger partial charge in [-0.05, 0) is 31.2 Å². The van der Waals surface area contributed by atoms with E-state index in [9.17, 15) is 0 Å². The SMILES string of the molecule is CCNc1ccc2nc(-c3cc(OC)c(OC)c(OC)c3)oc2c1. The van der Waals surface area contributed by atoms with Crippen LogP contribution in [-0.2, 0) is 0 Å². The lowest BCUT2D eigenvalue weighted by molar-refractivity contribution is 0.324. The molecule has 0 fully saturated rings. The van der Waals surface area contributed by atoms with Gasteiger partial charge in [-0.15, -0.1) is 0 Å². The number of fused-ring (bicyclic) bond motifs is 1. The quantitative estimate of drug-likeness (QED) is 0.739. The molecule has 0 saturated carbocycles. The molecule has 0 spiro atoms. The van der Waals surface area contributed by atoms with Crippen molar-refractivity contribution in [2.45, 2.75) is 6.92 Å². The Labute approximate surface area is 140 Å². The van der Waals surface area contributed by atoms with E-state index in [4.69, 9.17) is 18.6 Å². The van der Waals surface area contributed by atoms with Crippen molar-refractivity contribution >= 4 is 16.8 Å². The van der Waals surface area contributed by atoms with Crippen molar-refractivity contribution in [3.63, 3.8) is 0 Å². The van der Waals surface area contributed by atoms with Crippen LogP contribution in [0, 0.1) is 0 Å². The summed E-state index contributed by atoms with van der Waals surface area (Å²) in [5.74, 6) is 2.15. The lowest BCUT2D eigenvalue weighted by Gasteiger charge is -2.12. The first-order chi connectivity index (χ1) is 11.7. The number of ether oxygens (including phenoxy) is 3. The lowest BCUT2D eigenvalue weighted by atomic mass is 10.2. The summed E-state index contributed by atoms with van der Waals surface area (Å²) in [6, 6.07) is 9.48.